The average molecular weight is 471 g/mol. The van der Waals surface area contributed by atoms with Crippen LogP contribution in [0.15, 0.2) is 36.4 Å². The van der Waals surface area contributed by atoms with Gasteiger partial charge >= 0.3 is 6.03 Å². The maximum atomic E-state index is 13.2. The number of anilines is 1. The molecule has 184 valence electrons. The number of nitrogens with one attached hydrogen (secondary N) is 1. The van der Waals surface area contributed by atoms with Crippen molar-refractivity contribution in [3.63, 3.8) is 0 Å². The number of nitrogens with zero attached hydrogens (tertiary/aromatic N) is 5. The minimum Gasteiger partial charge on any atom is -0.353 e. The van der Waals surface area contributed by atoms with E-state index in [4.69, 9.17) is 0 Å². The summed E-state index contributed by atoms with van der Waals surface area (Å²) in [7, 11) is 0. The summed E-state index contributed by atoms with van der Waals surface area (Å²) in [6, 6.07) is 9.61. The molecule has 34 heavy (non-hydrogen) atoms. The fourth-order valence-corrected chi connectivity index (χ4v) is 3.79. The summed E-state index contributed by atoms with van der Waals surface area (Å²) in [6.07, 6.45) is 0.795. The van der Waals surface area contributed by atoms with E-state index in [-0.39, 0.29) is 35.9 Å². The molecule has 1 fully saturated rings. The zero-order valence-electron chi connectivity index (χ0n) is 20.7. The van der Waals surface area contributed by atoms with E-state index in [9.17, 15) is 14.0 Å². The molecule has 0 atom stereocenters. The highest BCUT2D eigenvalue weighted by molar-refractivity contribution is 5.84. The largest absolute Gasteiger partial charge is 0.353 e. The Labute approximate surface area is 201 Å². The summed E-state index contributed by atoms with van der Waals surface area (Å²) < 4.78 is 13.2. The van der Waals surface area contributed by atoms with Gasteiger partial charge < -0.3 is 20.0 Å². The van der Waals surface area contributed by atoms with Crippen LogP contribution in [-0.4, -0.2) is 76.2 Å². The summed E-state index contributed by atoms with van der Waals surface area (Å²) in [5, 5.41) is 11.6. The first kappa shape index (κ1) is 25.4. The molecule has 1 aromatic heterocycles. The Hall–Kier alpha value is -3.23. The molecule has 1 aliphatic rings. The Morgan fingerprint density at radius 2 is 1.74 bits per heavy atom. The van der Waals surface area contributed by atoms with E-state index >= 15 is 0 Å². The second-order valence-corrected chi connectivity index (χ2v) is 9.91. The quantitative estimate of drug-likeness (QED) is 0.723. The van der Waals surface area contributed by atoms with Gasteiger partial charge in [0.15, 0.2) is 5.82 Å². The molecule has 0 radical (unpaired) electrons. The number of halogens is 1. The first-order valence-corrected chi connectivity index (χ1v) is 11.7. The summed E-state index contributed by atoms with van der Waals surface area (Å²) >= 11 is 0. The van der Waals surface area contributed by atoms with Crippen molar-refractivity contribution in [3.8, 4) is 11.3 Å². The third-order valence-corrected chi connectivity index (χ3v) is 5.63. The van der Waals surface area contributed by atoms with Crippen LogP contribution >= 0.6 is 0 Å². The van der Waals surface area contributed by atoms with E-state index in [1.807, 2.05) is 51.7 Å². The van der Waals surface area contributed by atoms with E-state index in [2.05, 4.69) is 20.4 Å². The molecule has 8 nitrogen and oxygen atoms in total. The highest BCUT2D eigenvalue weighted by Crippen LogP contribution is 2.20. The van der Waals surface area contributed by atoms with E-state index < -0.39 is 0 Å². The lowest BCUT2D eigenvalue weighted by Gasteiger charge is -2.32. The molecule has 1 aliphatic heterocycles. The molecule has 0 aliphatic carbocycles. The van der Waals surface area contributed by atoms with Crippen molar-refractivity contribution < 1.29 is 14.0 Å². The maximum Gasteiger partial charge on any atom is 0.318 e. The number of amides is 3. The normalized spacial score (nSPS) is 14.7. The summed E-state index contributed by atoms with van der Waals surface area (Å²) in [5.74, 6) is 0.397. The van der Waals surface area contributed by atoms with Gasteiger partial charge in [-0.05, 0) is 77.4 Å². The Balaban J connectivity index is 1.60. The standard InChI is InChI=1S/C25H35FN6O2/c1-18(2)32(24(34)27-25(3,4)5)17-23(33)31-14-6-13-30(15-16-31)22-12-11-21(28-29-22)19-7-9-20(26)10-8-19/h7-12,18H,6,13-17H2,1-5H3,(H,27,34). The van der Waals surface area contributed by atoms with Crippen molar-refractivity contribution in [2.45, 2.75) is 52.6 Å². The number of hydrogen-bond acceptors (Lipinski definition) is 5. The SMILES string of the molecule is CC(C)N(CC(=O)N1CCCN(c2ccc(-c3ccc(F)cc3)nn2)CC1)C(=O)NC(C)(C)C. The lowest BCUT2D eigenvalue weighted by atomic mass is 10.1. The lowest BCUT2D eigenvalue weighted by molar-refractivity contribution is -0.132. The molecule has 9 heteroatoms. The van der Waals surface area contributed by atoms with Crippen LogP contribution in [0.4, 0.5) is 15.0 Å². The van der Waals surface area contributed by atoms with Crippen molar-refractivity contribution in [1.29, 1.82) is 0 Å². The topological polar surface area (TPSA) is 81.7 Å². The van der Waals surface area contributed by atoms with Crippen molar-refractivity contribution >= 4 is 17.8 Å². The van der Waals surface area contributed by atoms with Gasteiger partial charge in [-0.3, -0.25) is 4.79 Å². The van der Waals surface area contributed by atoms with Gasteiger partial charge in [0.2, 0.25) is 5.91 Å². The zero-order valence-corrected chi connectivity index (χ0v) is 20.7. The Morgan fingerprint density at radius 1 is 1.03 bits per heavy atom. The van der Waals surface area contributed by atoms with Gasteiger partial charge in [-0.2, -0.15) is 0 Å². The van der Waals surface area contributed by atoms with E-state index in [0.717, 1.165) is 24.3 Å². The Morgan fingerprint density at radius 3 is 2.32 bits per heavy atom. The third kappa shape index (κ3) is 6.88. The van der Waals surface area contributed by atoms with Crippen LogP contribution in [0.1, 0.15) is 41.0 Å². The van der Waals surface area contributed by atoms with Crippen LogP contribution < -0.4 is 10.2 Å². The van der Waals surface area contributed by atoms with Gasteiger partial charge in [0.05, 0.1) is 5.69 Å². The van der Waals surface area contributed by atoms with Gasteiger partial charge in [0, 0.05) is 43.3 Å². The minimum absolute atomic E-state index is 0.0474. The first-order chi connectivity index (χ1) is 16.0. The summed E-state index contributed by atoms with van der Waals surface area (Å²) in [4.78, 5) is 31.2. The molecular weight excluding hydrogens is 435 g/mol. The molecular formula is C25H35FN6O2. The molecule has 1 N–H and O–H groups in total. The Bertz CT molecular complexity index is 972. The van der Waals surface area contributed by atoms with E-state index in [1.165, 1.54) is 12.1 Å². The van der Waals surface area contributed by atoms with Crippen LogP contribution in [0.25, 0.3) is 11.3 Å². The average Bonchev–Trinajstić information content (AvgIpc) is 3.03. The molecule has 2 aromatic rings. The molecule has 0 bridgehead atoms. The van der Waals surface area contributed by atoms with Crippen molar-refractivity contribution in [2.24, 2.45) is 0 Å². The van der Waals surface area contributed by atoms with Crippen LogP contribution in [0.3, 0.4) is 0 Å². The number of carbonyl (C=O) groups excluding carboxylic acids is 2. The lowest BCUT2D eigenvalue weighted by Crippen LogP contribution is -2.54. The molecule has 0 spiro atoms. The summed E-state index contributed by atoms with van der Waals surface area (Å²) in [6.45, 7) is 12.2. The number of carbonyl (C=O) groups is 2. The number of hydrogen-bond donors (Lipinski definition) is 1. The van der Waals surface area contributed by atoms with Crippen LogP contribution in [-0.2, 0) is 4.79 Å². The third-order valence-electron chi connectivity index (χ3n) is 5.63. The molecule has 2 heterocycles. The van der Waals surface area contributed by atoms with Gasteiger partial charge in [-0.1, -0.05) is 0 Å². The molecule has 0 unspecified atom stereocenters. The number of benzene rings is 1. The monoisotopic (exact) mass is 470 g/mol. The fourth-order valence-electron chi connectivity index (χ4n) is 3.79. The number of urea groups is 1. The molecule has 1 aromatic carbocycles. The van der Waals surface area contributed by atoms with E-state index in [0.29, 0.717) is 25.3 Å². The fraction of sp³-hybridized carbons (Fsp3) is 0.520. The highest BCUT2D eigenvalue weighted by atomic mass is 19.1. The first-order valence-electron chi connectivity index (χ1n) is 11.7. The van der Waals surface area contributed by atoms with Gasteiger partial charge in [-0.15, -0.1) is 10.2 Å². The van der Waals surface area contributed by atoms with Crippen LogP contribution in [0.5, 0.6) is 0 Å². The number of aromatic nitrogens is 2. The predicted molar refractivity (Wildman–Crippen MR) is 131 cm³/mol. The zero-order chi connectivity index (χ0) is 24.9. The number of rotatable bonds is 5. The minimum atomic E-state index is -0.371. The van der Waals surface area contributed by atoms with Crippen molar-refractivity contribution in [3.05, 3.63) is 42.2 Å². The smallest absolute Gasteiger partial charge is 0.318 e. The predicted octanol–water partition coefficient (Wildman–Crippen LogP) is 3.54. The molecule has 0 saturated carbocycles. The highest BCUT2D eigenvalue weighted by Gasteiger charge is 2.27. The second kappa shape index (κ2) is 10.8. The van der Waals surface area contributed by atoms with Crippen LogP contribution in [0, 0.1) is 5.82 Å². The van der Waals surface area contributed by atoms with Crippen molar-refractivity contribution in [1.82, 2.24) is 25.3 Å². The second-order valence-electron chi connectivity index (χ2n) is 9.91. The van der Waals surface area contributed by atoms with Crippen molar-refractivity contribution in [2.75, 3.05) is 37.6 Å². The van der Waals surface area contributed by atoms with Gasteiger partial charge in [0.25, 0.3) is 0 Å². The molecule has 3 rings (SSSR count). The van der Waals surface area contributed by atoms with E-state index in [1.54, 1.807) is 17.0 Å². The maximum absolute atomic E-state index is 13.2. The van der Waals surface area contributed by atoms with Gasteiger partial charge in [-0.25, -0.2) is 9.18 Å². The Kier molecular flexibility index (Phi) is 8.06. The van der Waals surface area contributed by atoms with Crippen LogP contribution in [0.2, 0.25) is 0 Å². The summed E-state index contributed by atoms with van der Waals surface area (Å²) in [5.41, 5.74) is 1.11. The molecule has 3 amide bonds. The molecule has 1 saturated heterocycles. The van der Waals surface area contributed by atoms with Gasteiger partial charge in [0.1, 0.15) is 12.4 Å².